The largest absolute Gasteiger partial charge is 0.743 e. The first-order valence-corrected chi connectivity index (χ1v) is 19.4. The Morgan fingerprint density at radius 2 is 1.15 bits per heavy atom. The van der Waals surface area contributed by atoms with Crippen molar-refractivity contribution in [1.82, 2.24) is 0 Å². The SMILES string of the molecule is O=Cc1cc(I)c(OC(=O)c2ccc(COC(=O)C(F)(F)C(F)(F)S(=O)(=O)[O-])cc2)c(I)c1.c1ccc([S+](c2ccccc2)c2ccccc2)cc1. The van der Waals surface area contributed by atoms with E-state index in [0.29, 0.717) is 19.0 Å². The summed E-state index contributed by atoms with van der Waals surface area (Å²) in [5.41, 5.74) is 0.340. The van der Waals surface area contributed by atoms with Crippen molar-refractivity contribution in [3.05, 3.63) is 151 Å². The molecule has 0 fully saturated rings. The van der Waals surface area contributed by atoms with Crippen LogP contribution in [0.1, 0.15) is 26.3 Å². The minimum absolute atomic E-state index is 0.00884. The molecule has 5 aromatic rings. The average molecular weight is 979 g/mol. The van der Waals surface area contributed by atoms with Crippen LogP contribution in [-0.4, -0.2) is 42.4 Å². The van der Waals surface area contributed by atoms with Gasteiger partial charge >= 0.3 is 23.1 Å². The van der Waals surface area contributed by atoms with Crippen LogP contribution in [0.2, 0.25) is 0 Å². The Balaban J connectivity index is 0.000000267. The van der Waals surface area contributed by atoms with Crippen molar-refractivity contribution in [1.29, 1.82) is 0 Å². The van der Waals surface area contributed by atoms with Gasteiger partial charge in [0, 0.05) is 5.56 Å². The van der Waals surface area contributed by atoms with E-state index < -0.39 is 39.8 Å². The smallest absolute Gasteiger partial charge is 0.418 e. The second kappa shape index (κ2) is 17.8. The Bertz CT molecular complexity index is 2010. The molecule has 0 heterocycles. The van der Waals surface area contributed by atoms with Gasteiger partial charge in [-0.15, -0.1) is 0 Å². The van der Waals surface area contributed by atoms with Crippen molar-refractivity contribution in [2.75, 3.05) is 0 Å². The molecule has 0 radical (unpaired) electrons. The van der Waals surface area contributed by atoms with Gasteiger partial charge in [0.25, 0.3) is 0 Å². The summed E-state index contributed by atoms with van der Waals surface area (Å²) in [5, 5.41) is -6.20. The number of benzene rings is 5. The molecule has 0 aliphatic rings. The molecule has 0 spiro atoms. The van der Waals surface area contributed by atoms with Gasteiger partial charge in [0.15, 0.2) is 30.6 Å². The van der Waals surface area contributed by atoms with E-state index in [2.05, 4.69) is 95.7 Å². The number of carbonyl (C=O) groups is 3. The maximum Gasteiger partial charge on any atom is 0.418 e. The molecule has 0 bridgehead atoms. The molecule has 0 unspecified atom stereocenters. The third-order valence-electron chi connectivity index (χ3n) is 6.78. The topological polar surface area (TPSA) is 127 Å². The number of ether oxygens (including phenoxy) is 2. The van der Waals surface area contributed by atoms with Gasteiger partial charge in [0.05, 0.1) is 23.6 Å². The van der Waals surface area contributed by atoms with Crippen molar-refractivity contribution >= 4 is 84.4 Å². The van der Waals surface area contributed by atoms with Gasteiger partial charge in [-0.3, -0.25) is 4.79 Å². The van der Waals surface area contributed by atoms with Crippen LogP contribution in [0.3, 0.4) is 0 Å². The summed E-state index contributed by atoms with van der Waals surface area (Å²) >= 11 is 3.73. The number of rotatable bonds is 11. The molecule has 0 amide bonds. The maximum atomic E-state index is 13.4. The van der Waals surface area contributed by atoms with E-state index in [-0.39, 0.29) is 27.8 Å². The first-order valence-electron chi connectivity index (χ1n) is 14.6. The van der Waals surface area contributed by atoms with Gasteiger partial charge < -0.3 is 14.0 Å². The average Bonchev–Trinajstić information content (AvgIpc) is 3.13. The number of hydrogen-bond donors (Lipinski definition) is 0. The van der Waals surface area contributed by atoms with E-state index in [4.69, 9.17) is 4.74 Å². The molecule has 0 saturated heterocycles. The van der Waals surface area contributed by atoms with E-state index >= 15 is 0 Å². The molecule has 8 nitrogen and oxygen atoms in total. The van der Waals surface area contributed by atoms with Gasteiger partial charge in [-0.25, -0.2) is 18.0 Å². The molecule has 0 aliphatic carbocycles. The number of aldehydes is 1. The number of alkyl halides is 4. The first kappa shape index (κ1) is 40.9. The lowest BCUT2D eigenvalue weighted by atomic mass is 10.1. The molecule has 0 saturated carbocycles. The van der Waals surface area contributed by atoms with Crippen LogP contribution >= 0.6 is 45.2 Å². The third kappa shape index (κ3) is 9.97. The lowest BCUT2D eigenvalue weighted by molar-refractivity contribution is -0.206. The Hall–Kier alpha value is -3.85. The molecule has 270 valence electrons. The summed E-state index contributed by atoms with van der Waals surface area (Å²) in [6, 6.07) is 39.7. The summed E-state index contributed by atoms with van der Waals surface area (Å²) in [6.45, 7) is -0.984. The zero-order chi connectivity index (χ0) is 38.1. The molecule has 5 rings (SSSR count). The molecule has 5 aromatic carbocycles. The van der Waals surface area contributed by atoms with Crippen LogP contribution in [0.25, 0.3) is 0 Å². The van der Waals surface area contributed by atoms with Crippen molar-refractivity contribution in [3.8, 4) is 5.75 Å². The lowest BCUT2D eigenvalue weighted by Gasteiger charge is -2.26. The van der Waals surface area contributed by atoms with Gasteiger partial charge in [-0.2, -0.15) is 17.6 Å². The van der Waals surface area contributed by atoms with Crippen LogP contribution in [0.15, 0.2) is 142 Å². The van der Waals surface area contributed by atoms with Crippen LogP contribution in [-0.2, 0) is 37.2 Å². The van der Waals surface area contributed by atoms with E-state index in [1.165, 1.54) is 39.0 Å². The van der Waals surface area contributed by atoms with Gasteiger partial charge in [-0.1, -0.05) is 66.7 Å². The Kier molecular flexibility index (Phi) is 14.0. The third-order valence-corrected chi connectivity index (χ3v) is 11.5. The fourth-order valence-electron chi connectivity index (χ4n) is 4.23. The predicted octanol–water partition coefficient (Wildman–Crippen LogP) is 8.53. The highest BCUT2D eigenvalue weighted by Crippen LogP contribution is 2.39. The minimum atomic E-state index is -6.84. The van der Waals surface area contributed by atoms with E-state index in [1.807, 2.05) is 45.2 Å². The highest BCUT2D eigenvalue weighted by Gasteiger charge is 2.68. The standard InChI is InChI=1S/C18H10F4I2O8S.C18H15S/c19-17(20,18(21,22)33(28,29)30)16(27)31-8-9-1-3-11(4-2-9)15(26)32-14-12(23)5-10(7-25)6-13(14)24;1-4-10-16(11-5-1)19(17-12-6-2-7-13-17)18-14-8-3-9-15-18/h1-7H,8H2,(H,28,29,30);1-15H/q;+1/p-1. The molecular formula is C36H24F4I2O8S2. The Morgan fingerprint density at radius 3 is 1.54 bits per heavy atom. The Labute approximate surface area is 325 Å². The number of halogens is 6. The second-order valence-electron chi connectivity index (χ2n) is 10.4. The van der Waals surface area contributed by atoms with Gasteiger partial charge in [0.2, 0.25) is 0 Å². The molecule has 0 aliphatic heterocycles. The maximum absolute atomic E-state index is 13.4. The van der Waals surface area contributed by atoms with Crippen LogP contribution in [0, 0.1) is 7.14 Å². The first-order chi connectivity index (χ1) is 24.6. The monoisotopic (exact) mass is 978 g/mol. The number of esters is 2. The number of hydrogen-bond acceptors (Lipinski definition) is 8. The number of carbonyl (C=O) groups excluding carboxylic acids is 3. The normalized spacial score (nSPS) is 11.6. The molecular weight excluding hydrogens is 954 g/mol. The second-order valence-corrected chi connectivity index (χ2v) is 16.2. The molecule has 52 heavy (non-hydrogen) atoms. The summed E-state index contributed by atoms with van der Waals surface area (Å²) < 4.78 is 94.2. The Morgan fingerprint density at radius 1 is 0.731 bits per heavy atom. The zero-order valence-corrected chi connectivity index (χ0v) is 32.2. The fourth-order valence-corrected chi connectivity index (χ4v) is 8.77. The zero-order valence-electron chi connectivity index (χ0n) is 26.3. The highest BCUT2D eigenvalue weighted by molar-refractivity contribution is 14.1. The van der Waals surface area contributed by atoms with Gasteiger partial charge in [-0.05, 0) is 111 Å². The van der Waals surface area contributed by atoms with Crippen molar-refractivity contribution in [2.24, 2.45) is 0 Å². The van der Waals surface area contributed by atoms with E-state index in [1.54, 1.807) is 0 Å². The van der Waals surface area contributed by atoms with Crippen molar-refractivity contribution in [2.45, 2.75) is 32.5 Å². The van der Waals surface area contributed by atoms with Crippen LogP contribution in [0.5, 0.6) is 5.75 Å². The highest BCUT2D eigenvalue weighted by atomic mass is 127. The van der Waals surface area contributed by atoms with E-state index in [9.17, 15) is 44.9 Å². The van der Waals surface area contributed by atoms with Crippen LogP contribution in [0.4, 0.5) is 17.6 Å². The molecule has 0 N–H and O–H groups in total. The van der Waals surface area contributed by atoms with Gasteiger partial charge in [0.1, 0.15) is 12.9 Å². The summed E-state index contributed by atoms with van der Waals surface area (Å²) in [7, 11) is -6.86. The fraction of sp³-hybridized carbons (Fsp3) is 0.0833. The summed E-state index contributed by atoms with van der Waals surface area (Å²) in [4.78, 5) is 38.6. The molecule has 0 atom stereocenters. The van der Waals surface area contributed by atoms with Crippen LogP contribution < -0.4 is 4.74 Å². The molecule has 16 heteroatoms. The minimum Gasteiger partial charge on any atom is -0.743 e. The lowest BCUT2D eigenvalue weighted by Crippen LogP contribution is -2.52. The van der Waals surface area contributed by atoms with Crippen molar-refractivity contribution in [3.63, 3.8) is 0 Å². The predicted molar refractivity (Wildman–Crippen MR) is 200 cm³/mol. The van der Waals surface area contributed by atoms with E-state index in [0.717, 1.165) is 12.1 Å². The summed E-state index contributed by atoms with van der Waals surface area (Å²) in [6.07, 6.45) is 0.623. The van der Waals surface area contributed by atoms with Crippen molar-refractivity contribution < 1.29 is 54.4 Å². The summed E-state index contributed by atoms with van der Waals surface area (Å²) in [5.74, 6) is -9.45. The molecule has 0 aromatic heterocycles. The quantitative estimate of drug-likeness (QED) is 0.0245.